The zero-order valence-electron chi connectivity index (χ0n) is 18.3. The highest BCUT2D eigenvalue weighted by Crippen LogP contribution is 2.37. The van der Waals surface area contributed by atoms with E-state index < -0.39 is 5.60 Å². The molecule has 1 aliphatic carbocycles. The van der Waals surface area contributed by atoms with Gasteiger partial charge >= 0.3 is 0 Å². The van der Waals surface area contributed by atoms with Crippen molar-refractivity contribution in [1.82, 2.24) is 0 Å². The van der Waals surface area contributed by atoms with E-state index in [1.165, 1.54) is 12.8 Å². The Morgan fingerprint density at radius 2 is 1.60 bits per heavy atom. The molecule has 0 aliphatic heterocycles. The van der Waals surface area contributed by atoms with Gasteiger partial charge in [0.05, 0.1) is 0 Å². The Morgan fingerprint density at radius 1 is 0.933 bits per heavy atom. The third-order valence-electron chi connectivity index (χ3n) is 6.04. The first-order valence-electron chi connectivity index (χ1n) is 10.9. The molecule has 0 amide bonds. The summed E-state index contributed by atoms with van der Waals surface area (Å²) in [4.78, 5) is 22.3. The van der Waals surface area contributed by atoms with Crippen LogP contribution in [-0.2, 0) is 6.42 Å². The van der Waals surface area contributed by atoms with Crippen molar-refractivity contribution in [3.05, 3.63) is 59.2 Å². The van der Waals surface area contributed by atoms with Gasteiger partial charge in [0, 0.05) is 11.1 Å². The normalized spacial score (nSPS) is 15.6. The Bertz CT molecular complexity index is 861. The van der Waals surface area contributed by atoms with Gasteiger partial charge in [-0.15, -0.1) is 0 Å². The van der Waals surface area contributed by atoms with Gasteiger partial charge < -0.3 is 9.47 Å². The van der Waals surface area contributed by atoms with Crippen LogP contribution in [0.5, 0.6) is 11.5 Å². The van der Waals surface area contributed by atoms with Crippen molar-refractivity contribution >= 4 is 12.6 Å². The Balaban J connectivity index is 1.68. The molecule has 4 nitrogen and oxygen atoms in total. The number of carbonyl (C=O) groups is 2. The van der Waals surface area contributed by atoms with Crippen LogP contribution in [0.3, 0.4) is 0 Å². The van der Waals surface area contributed by atoms with Crippen LogP contribution in [0.25, 0.3) is 0 Å². The minimum atomic E-state index is -0.392. The van der Waals surface area contributed by atoms with Crippen LogP contribution >= 0.6 is 0 Å². The van der Waals surface area contributed by atoms with Gasteiger partial charge in [0.25, 0.3) is 0 Å². The predicted molar refractivity (Wildman–Crippen MR) is 119 cm³/mol. The third kappa shape index (κ3) is 5.71. The molecule has 0 radical (unpaired) electrons. The van der Waals surface area contributed by atoms with E-state index in [2.05, 4.69) is 13.0 Å². The molecule has 0 bridgehead atoms. The van der Waals surface area contributed by atoms with E-state index in [4.69, 9.17) is 9.47 Å². The van der Waals surface area contributed by atoms with E-state index in [1.807, 2.05) is 38.1 Å². The molecule has 0 unspecified atom stereocenters. The molecule has 30 heavy (non-hydrogen) atoms. The number of ether oxygens (including phenoxy) is 2. The summed E-state index contributed by atoms with van der Waals surface area (Å²) in [6, 6.07) is 13.0. The van der Waals surface area contributed by atoms with Crippen molar-refractivity contribution < 1.29 is 19.1 Å². The minimum Gasteiger partial charge on any atom is -0.488 e. The second kappa shape index (κ2) is 9.46. The van der Waals surface area contributed by atoms with Gasteiger partial charge in [-0.05, 0) is 107 Å². The minimum absolute atomic E-state index is 0.0885. The van der Waals surface area contributed by atoms with Gasteiger partial charge in [-0.2, -0.15) is 0 Å². The summed E-state index contributed by atoms with van der Waals surface area (Å²) in [7, 11) is 0. The van der Waals surface area contributed by atoms with E-state index in [-0.39, 0.29) is 5.60 Å². The van der Waals surface area contributed by atoms with Gasteiger partial charge in [0.1, 0.15) is 35.3 Å². The average Bonchev–Trinajstić information content (AvgIpc) is 3.21. The molecule has 0 heterocycles. The second-order valence-corrected chi connectivity index (χ2v) is 8.92. The van der Waals surface area contributed by atoms with Gasteiger partial charge in [-0.3, -0.25) is 9.59 Å². The summed E-state index contributed by atoms with van der Waals surface area (Å²) < 4.78 is 12.6. The molecule has 1 aliphatic rings. The van der Waals surface area contributed by atoms with Crippen molar-refractivity contribution in [3.8, 4) is 11.5 Å². The Hall–Kier alpha value is -2.62. The first-order valence-corrected chi connectivity index (χ1v) is 10.9. The highest BCUT2D eigenvalue weighted by Gasteiger charge is 2.34. The van der Waals surface area contributed by atoms with Crippen molar-refractivity contribution in [2.45, 2.75) is 76.9 Å². The zero-order valence-corrected chi connectivity index (χ0v) is 18.3. The molecule has 3 rings (SSSR count). The molecular formula is C26H32O4. The summed E-state index contributed by atoms with van der Waals surface area (Å²) in [5.41, 5.74) is 1.87. The maximum atomic E-state index is 11.5. The summed E-state index contributed by atoms with van der Waals surface area (Å²) >= 11 is 0. The Morgan fingerprint density at radius 3 is 2.20 bits per heavy atom. The molecule has 1 fully saturated rings. The number of hydrogen-bond acceptors (Lipinski definition) is 4. The number of carbonyl (C=O) groups excluding carboxylic acids is 2. The fraction of sp³-hybridized carbons (Fsp3) is 0.462. The molecule has 0 atom stereocenters. The van der Waals surface area contributed by atoms with Crippen molar-refractivity contribution in [2.75, 3.05) is 0 Å². The van der Waals surface area contributed by atoms with Crippen LogP contribution in [0.4, 0.5) is 0 Å². The maximum absolute atomic E-state index is 11.5. The van der Waals surface area contributed by atoms with Gasteiger partial charge in [-0.1, -0.05) is 6.92 Å². The number of hydrogen-bond donors (Lipinski definition) is 0. The average molecular weight is 409 g/mol. The van der Waals surface area contributed by atoms with Crippen molar-refractivity contribution in [1.29, 1.82) is 0 Å². The lowest BCUT2D eigenvalue weighted by molar-refractivity contribution is 0.0716. The zero-order chi connectivity index (χ0) is 21.6. The highest BCUT2D eigenvalue weighted by molar-refractivity contribution is 5.76. The molecule has 0 N–H and O–H groups in total. The van der Waals surface area contributed by atoms with E-state index in [1.54, 1.807) is 12.1 Å². The second-order valence-electron chi connectivity index (χ2n) is 8.92. The van der Waals surface area contributed by atoms with E-state index in [0.29, 0.717) is 11.1 Å². The summed E-state index contributed by atoms with van der Waals surface area (Å²) in [6.45, 7) is 6.27. The number of aryl methyl sites for hydroxylation is 1. The van der Waals surface area contributed by atoms with Crippen LogP contribution in [0, 0.1) is 0 Å². The van der Waals surface area contributed by atoms with Gasteiger partial charge in [-0.25, -0.2) is 0 Å². The topological polar surface area (TPSA) is 52.6 Å². The highest BCUT2D eigenvalue weighted by atomic mass is 16.5. The summed E-state index contributed by atoms with van der Waals surface area (Å²) in [6.07, 6.45) is 8.81. The Labute approximate surface area is 179 Å². The van der Waals surface area contributed by atoms with Crippen molar-refractivity contribution in [2.24, 2.45) is 0 Å². The van der Waals surface area contributed by atoms with Crippen LogP contribution in [0.2, 0.25) is 0 Å². The fourth-order valence-electron chi connectivity index (χ4n) is 4.18. The quantitative estimate of drug-likeness (QED) is 0.439. The van der Waals surface area contributed by atoms with Crippen LogP contribution in [0.1, 0.15) is 85.6 Å². The first kappa shape index (κ1) is 22.1. The van der Waals surface area contributed by atoms with Crippen LogP contribution in [-0.4, -0.2) is 23.8 Å². The first-order chi connectivity index (χ1) is 14.4. The van der Waals surface area contributed by atoms with Crippen molar-refractivity contribution in [3.63, 3.8) is 0 Å². The summed E-state index contributed by atoms with van der Waals surface area (Å²) in [5, 5.41) is 0. The summed E-state index contributed by atoms with van der Waals surface area (Å²) in [5.74, 6) is 1.53. The smallest absolute Gasteiger partial charge is 0.150 e. The predicted octanol–water partition coefficient (Wildman–Crippen LogP) is 6.20. The molecule has 0 spiro atoms. The molecule has 2 aromatic carbocycles. The van der Waals surface area contributed by atoms with E-state index in [0.717, 1.165) is 61.7 Å². The molecule has 4 heteroatoms. The van der Waals surface area contributed by atoms with Gasteiger partial charge in [0.15, 0.2) is 0 Å². The molecule has 0 aromatic heterocycles. The number of aldehydes is 2. The maximum Gasteiger partial charge on any atom is 0.150 e. The SMILES string of the molecule is CCC1(Oc2cc(C=O)cc(CCC(C)(C)Oc3ccc(C=O)cc3)c2)CCCC1. The lowest BCUT2D eigenvalue weighted by Gasteiger charge is -2.30. The molecular weight excluding hydrogens is 376 g/mol. The number of benzene rings is 2. The number of rotatable bonds is 10. The molecule has 2 aromatic rings. The third-order valence-corrected chi connectivity index (χ3v) is 6.04. The fourth-order valence-corrected chi connectivity index (χ4v) is 4.18. The van der Waals surface area contributed by atoms with Crippen LogP contribution in [0.15, 0.2) is 42.5 Å². The van der Waals surface area contributed by atoms with E-state index >= 15 is 0 Å². The lowest BCUT2D eigenvalue weighted by atomic mass is 9.96. The van der Waals surface area contributed by atoms with Crippen LogP contribution < -0.4 is 9.47 Å². The monoisotopic (exact) mass is 408 g/mol. The standard InChI is InChI=1S/C26H32O4/c1-4-26(12-5-6-13-26)30-24-16-21(15-22(17-24)19-28)11-14-25(2,3)29-23-9-7-20(18-27)8-10-23/h7-10,15-19H,4-6,11-14H2,1-3H3. The van der Waals surface area contributed by atoms with Gasteiger partial charge in [0.2, 0.25) is 0 Å². The Kier molecular flexibility index (Phi) is 6.96. The molecule has 0 saturated heterocycles. The molecule has 1 saturated carbocycles. The van der Waals surface area contributed by atoms with E-state index in [9.17, 15) is 9.59 Å². The largest absolute Gasteiger partial charge is 0.488 e. The lowest BCUT2D eigenvalue weighted by Crippen LogP contribution is -2.31. The molecule has 160 valence electrons.